The Morgan fingerprint density at radius 3 is 2.00 bits per heavy atom. The largest absolute Gasteiger partial charge is 0.508 e. The molecule has 0 radical (unpaired) electrons. The number of carbonyl (C=O) groups is 4. The third-order valence-electron chi connectivity index (χ3n) is 4.92. The summed E-state index contributed by atoms with van der Waals surface area (Å²) in [5.74, 6) is -2.15. The lowest BCUT2D eigenvalue weighted by molar-refractivity contribution is -0.144. The normalized spacial score (nSPS) is 13.6. The first-order valence-corrected chi connectivity index (χ1v) is 12.2. The molecule has 0 saturated heterocycles. The second-order valence-electron chi connectivity index (χ2n) is 9.79. The molecule has 0 spiro atoms. The molecule has 1 aromatic rings. The Hall–Kier alpha value is -3.14. The van der Waals surface area contributed by atoms with Gasteiger partial charge in [0.05, 0.1) is 6.61 Å². The summed E-state index contributed by atoms with van der Waals surface area (Å²) in [6.45, 7) is 11.0. The van der Waals surface area contributed by atoms with Crippen molar-refractivity contribution in [3.63, 3.8) is 0 Å². The molecule has 0 aliphatic heterocycles. The Morgan fingerprint density at radius 1 is 0.944 bits per heavy atom. The fourth-order valence-electron chi connectivity index (χ4n) is 3.36. The van der Waals surface area contributed by atoms with Gasteiger partial charge < -0.3 is 29.8 Å². The van der Waals surface area contributed by atoms with E-state index in [4.69, 9.17) is 24.7 Å². The number of carboxylic acid groups (broad SMARTS) is 1. The van der Waals surface area contributed by atoms with Gasteiger partial charge in [0.15, 0.2) is 11.5 Å². The highest BCUT2D eigenvalue weighted by Gasteiger charge is 2.37. The first kappa shape index (κ1) is 30.9. The number of carboxylic acids is 1. The lowest BCUT2D eigenvalue weighted by Crippen LogP contribution is -2.52. The molecule has 0 bridgehead atoms. The molecule has 0 aliphatic carbocycles. The van der Waals surface area contributed by atoms with Crippen molar-refractivity contribution in [1.29, 1.82) is 0 Å². The molecule has 0 fully saturated rings. The van der Waals surface area contributed by atoms with Crippen LogP contribution in [-0.2, 0) is 30.3 Å². The third-order valence-corrected chi connectivity index (χ3v) is 4.92. The number of aliphatic carboxylic acids is 1. The maximum absolute atomic E-state index is 12.3. The minimum absolute atomic E-state index is 0.00423. The predicted octanol–water partition coefficient (Wildman–Crippen LogP) is 4.26. The van der Waals surface area contributed by atoms with Gasteiger partial charge in [0.25, 0.3) is 0 Å². The molecule has 2 atom stereocenters. The summed E-state index contributed by atoms with van der Waals surface area (Å²) < 4.78 is 20.8. The lowest BCUT2D eigenvalue weighted by Gasteiger charge is -2.28. The first-order chi connectivity index (χ1) is 16.7. The van der Waals surface area contributed by atoms with Gasteiger partial charge in [-0.05, 0) is 42.9 Å². The zero-order valence-electron chi connectivity index (χ0n) is 22.0. The second-order valence-corrected chi connectivity index (χ2v) is 9.79. The zero-order valence-corrected chi connectivity index (χ0v) is 22.0. The summed E-state index contributed by atoms with van der Waals surface area (Å²) in [4.78, 5) is 48.3. The van der Waals surface area contributed by atoms with Crippen LogP contribution in [0, 0.1) is 11.8 Å². The van der Waals surface area contributed by atoms with Crippen LogP contribution in [0.25, 0.3) is 0 Å². The number of hydrogen-bond donors (Lipinski definition) is 2. The molecule has 10 heteroatoms. The fraction of sp³-hybridized carbons (Fsp3) is 0.615. The van der Waals surface area contributed by atoms with Gasteiger partial charge in [-0.2, -0.15) is 0 Å². The summed E-state index contributed by atoms with van der Waals surface area (Å²) in [7, 11) is 0. The Labute approximate surface area is 212 Å². The molecule has 0 amide bonds. The lowest BCUT2D eigenvalue weighted by atomic mass is 9.86. The molecule has 1 aromatic carbocycles. The monoisotopic (exact) mass is 509 g/mol. The van der Waals surface area contributed by atoms with E-state index in [0.29, 0.717) is 12.0 Å². The van der Waals surface area contributed by atoms with Crippen molar-refractivity contribution >= 4 is 24.1 Å². The van der Waals surface area contributed by atoms with Crippen LogP contribution in [0.3, 0.4) is 0 Å². The number of benzene rings is 1. The van der Waals surface area contributed by atoms with E-state index in [1.807, 2.05) is 34.6 Å². The zero-order chi connectivity index (χ0) is 27.5. The van der Waals surface area contributed by atoms with Gasteiger partial charge >= 0.3 is 24.1 Å². The Morgan fingerprint density at radius 2 is 1.50 bits per heavy atom. The number of esters is 2. The van der Waals surface area contributed by atoms with E-state index in [1.165, 1.54) is 19.1 Å². The van der Waals surface area contributed by atoms with Crippen LogP contribution in [0.1, 0.15) is 72.8 Å². The molecule has 1 rings (SSSR count). The molecule has 202 valence electrons. The molecular formula is C26H39NO9. The smallest absolute Gasteiger partial charge is 0.480 e. The average Bonchev–Trinajstić information content (AvgIpc) is 2.72. The number of rotatable bonds is 14. The molecule has 0 heterocycles. The number of nitrogens with two attached hydrogens (primary N) is 1. The maximum atomic E-state index is 12.3. The SMILES string of the molecule is CCCOC(=O)O[C@@H](C)CC(N)(Cc1ccc(OC(=O)CC(C)C)c(OC(=O)CC(C)C)c1)C(=O)O. The van der Waals surface area contributed by atoms with Crippen LogP contribution < -0.4 is 15.2 Å². The standard InChI is InChI=1S/C26H39NO9/c1-7-10-33-25(32)34-18(6)14-26(27,24(30)31)15-19-8-9-20(35-22(28)11-16(2)3)21(13-19)36-23(29)12-17(4)5/h8-9,13,16-18H,7,10-12,14-15,27H2,1-6H3,(H,30,31)/t18-,26?/m0/s1. The van der Waals surface area contributed by atoms with Crippen LogP contribution in [0.5, 0.6) is 11.5 Å². The van der Waals surface area contributed by atoms with Gasteiger partial charge in [0.1, 0.15) is 11.6 Å². The van der Waals surface area contributed by atoms with Crippen molar-refractivity contribution in [2.75, 3.05) is 6.61 Å². The van der Waals surface area contributed by atoms with Crippen LogP contribution in [0.2, 0.25) is 0 Å². The highest BCUT2D eigenvalue weighted by molar-refractivity contribution is 5.79. The summed E-state index contributed by atoms with van der Waals surface area (Å²) in [6.07, 6.45) is -1.18. The van der Waals surface area contributed by atoms with Crippen LogP contribution >= 0.6 is 0 Å². The van der Waals surface area contributed by atoms with E-state index in [9.17, 15) is 24.3 Å². The first-order valence-electron chi connectivity index (χ1n) is 12.2. The molecule has 0 aliphatic rings. The van der Waals surface area contributed by atoms with Crippen LogP contribution in [0.4, 0.5) is 4.79 Å². The van der Waals surface area contributed by atoms with Crippen molar-refractivity contribution in [3.05, 3.63) is 23.8 Å². The van der Waals surface area contributed by atoms with Gasteiger partial charge in [-0.3, -0.25) is 14.4 Å². The van der Waals surface area contributed by atoms with E-state index >= 15 is 0 Å². The number of ether oxygens (including phenoxy) is 4. The van der Waals surface area contributed by atoms with Gasteiger partial charge in [-0.1, -0.05) is 40.7 Å². The van der Waals surface area contributed by atoms with E-state index in [0.717, 1.165) is 0 Å². The van der Waals surface area contributed by atoms with Gasteiger partial charge in [0, 0.05) is 25.7 Å². The van der Waals surface area contributed by atoms with Gasteiger partial charge in [-0.25, -0.2) is 4.79 Å². The quantitative estimate of drug-likeness (QED) is 0.275. The molecule has 1 unspecified atom stereocenters. The summed E-state index contributed by atoms with van der Waals surface area (Å²) in [6, 6.07) is 4.42. The van der Waals surface area contributed by atoms with Crippen molar-refractivity contribution < 1.29 is 43.2 Å². The summed E-state index contributed by atoms with van der Waals surface area (Å²) in [5, 5.41) is 9.84. The van der Waals surface area contributed by atoms with Crippen molar-refractivity contribution in [2.24, 2.45) is 17.6 Å². The minimum Gasteiger partial charge on any atom is -0.480 e. The van der Waals surface area contributed by atoms with Crippen molar-refractivity contribution in [3.8, 4) is 11.5 Å². The number of hydrogen-bond acceptors (Lipinski definition) is 9. The third kappa shape index (κ3) is 11.1. The minimum atomic E-state index is -1.81. The van der Waals surface area contributed by atoms with Crippen molar-refractivity contribution in [1.82, 2.24) is 0 Å². The van der Waals surface area contributed by atoms with Gasteiger partial charge in [-0.15, -0.1) is 0 Å². The molecule has 0 saturated carbocycles. The molecule has 0 aromatic heterocycles. The molecule has 3 N–H and O–H groups in total. The summed E-state index contributed by atoms with van der Waals surface area (Å²) in [5.41, 5.74) is 4.84. The molecule has 10 nitrogen and oxygen atoms in total. The van der Waals surface area contributed by atoms with E-state index in [-0.39, 0.29) is 55.6 Å². The maximum Gasteiger partial charge on any atom is 0.508 e. The number of carbonyl (C=O) groups excluding carboxylic acids is 3. The molecular weight excluding hydrogens is 470 g/mol. The Bertz CT molecular complexity index is 913. The summed E-state index contributed by atoms with van der Waals surface area (Å²) >= 11 is 0. The van der Waals surface area contributed by atoms with Gasteiger partial charge in [0.2, 0.25) is 0 Å². The molecule has 36 heavy (non-hydrogen) atoms. The second kappa shape index (κ2) is 14.4. The van der Waals surface area contributed by atoms with Crippen molar-refractivity contribution in [2.45, 2.75) is 85.3 Å². The van der Waals surface area contributed by atoms with E-state index in [1.54, 1.807) is 6.07 Å². The fourth-order valence-corrected chi connectivity index (χ4v) is 3.36. The highest BCUT2D eigenvalue weighted by atomic mass is 16.7. The topological polar surface area (TPSA) is 151 Å². The van der Waals surface area contributed by atoms with Crippen LogP contribution in [0.15, 0.2) is 18.2 Å². The highest BCUT2D eigenvalue weighted by Crippen LogP contribution is 2.32. The average molecular weight is 510 g/mol. The van der Waals surface area contributed by atoms with E-state index < -0.39 is 35.7 Å². The van der Waals surface area contributed by atoms with Crippen LogP contribution in [-0.4, -0.2) is 47.4 Å². The van der Waals surface area contributed by atoms with E-state index in [2.05, 4.69) is 0 Å². The Balaban J connectivity index is 3.15. The Kier molecular flexibility index (Phi) is 12.4. The predicted molar refractivity (Wildman–Crippen MR) is 132 cm³/mol.